The van der Waals surface area contributed by atoms with Crippen LogP contribution in [-0.2, 0) is 20.7 Å². The second kappa shape index (κ2) is 15.2. The van der Waals surface area contributed by atoms with Crippen LogP contribution in [0.2, 0.25) is 0 Å². The molecule has 1 aromatic carbocycles. The number of aliphatic hydroxyl groups excluding tert-OH is 4. The number of ether oxygens (including phenoxy) is 4. The van der Waals surface area contributed by atoms with Crippen LogP contribution in [0.25, 0.3) is 11.0 Å². The first-order valence-corrected chi connectivity index (χ1v) is 20.7. The van der Waals surface area contributed by atoms with Gasteiger partial charge in [0.1, 0.15) is 23.9 Å². The zero-order chi connectivity index (χ0) is 36.7. The molecule has 288 valence electrons. The molecule has 3 fully saturated rings. The lowest BCUT2D eigenvalue weighted by molar-refractivity contribution is -0.416. The molecule has 4 bridgehead atoms. The van der Waals surface area contributed by atoms with Crippen molar-refractivity contribution >= 4 is 38.5 Å². The van der Waals surface area contributed by atoms with E-state index in [1.165, 1.54) is 23.1 Å². The molecule has 1 spiro atoms. The third kappa shape index (κ3) is 6.46. The van der Waals surface area contributed by atoms with Gasteiger partial charge < -0.3 is 59.3 Å². The van der Waals surface area contributed by atoms with Gasteiger partial charge in [-0.05, 0) is 56.2 Å². The van der Waals surface area contributed by atoms with Gasteiger partial charge in [-0.15, -0.1) is 0 Å². The summed E-state index contributed by atoms with van der Waals surface area (Å²) in [7, 11) is 3.14. The summed E-state index contributed by atoms with van der Waals surface area (Å²) in [6, 6.07) is 3.55. The Balaban J connectivity index is 1.39. The van der Waals surface area contributed by atoms with Gasteiger partial charge in [-0.2, -0.15) is 0 Å². The first-order chi connectivity index (χ1) is 25.0. The van der Waals surface area contributed by atoms with Gasteiger partial charge in [0.05, 0.1) is 25.6 Å². The second-order valence-electron chi connectivity index (χ2n) is 15.0. The molecule has 2 aromatic rings. The minimum absolute atomic E-state index is 0.00246. The van der Waals surface area contributed by atoms with E-state index >= 15 is 0 Å². The summed E-state index contributed by atoms with van der Waals surface area (Å²) in [5.41, 5.74) is -5.54. The van der Waals surface area contributed by atoms with E-state index in [-0.39, 0.29) is 54.5 Å². The van der Waals surface area contributed by atoms with E-state index in [1.54, 1.807) is 35.9 Å². The maximum atomic E-state index is 12.9. The van der Waals surface area contributed by atoms with E-state index < -0.39 is 72.2 Å². The molecule has 13 nitrogen and oxygen atoms in total. The number of hydrogen-bond donors (Lipinski definition) is 7. The summed E-state index contributed by atoms with van der Waals surface area (Å²) < 4.78 is 30.9. The van der Waals surface area contributed by atoms with Gasteiger partial charge in [0.25, 0.3) is 0 Å². The zero-order valence-corrected chi connectivity index (χ0v) is 31.0. The van der Waals surface area contributed by atoms with Crippen molar-refractivity contribution in [3.05, 3.63) is 36.1 Å². The molecule has 3 heterocycles. The van der Waals surface area contributed by atoms with E-state index in [0.29, 0.717) is 29.6 Å². The van der Waals surface area contributed by atoms with Crippen molar-refractivity contribution < 1.29 is 58.8 Å². The van der Waals surface area contributed by atoms with Gasteiger partial charge in [-0.3, -0.25) is 4.79 Å². The Morgan fingerprint density at radius 1 is 1.12 bits per heavy atom. The lowest BCUT2D eigenvalue weighted by Crippen LogP contribution is -2.85. The summed E-state index contributed by atoms with van der Waals surface area (Å²) in [4.78, 5) is 12.6. The second-order valence-corrected chi connectivity index (χ2v) is 17.8. The Hall–Kier alpha value is -2.05. The fourth-order valence-electron chi connectivity index (χ4n) is 9.23. The fourth-order valence-corrected chi connectivity index (χ4v) is 12.9. The molecular formula is C37H51NO12S2. The van der Waals surface area contributed by atoms with Crippen LogP contribution >= 0.6 is 21.6 Å². The minimum Gasteiger partial charge on any atom is -0.485 e. The predicted molar refractivity (Wildman–Crippen MR) is 194 cm³/mol. The van der Waals surface area contributed by atoms with Crippen LogP contribution in [0.15, 0.2) is 35.0 Å². The van der Waals surface area contributed by atoms with Crippen LogP contribution in [0.3, 0.4) is 0 Å². The number of nitrogens with one attached hydrogen (secondary N) is 1. The number of carbonyl (C=O) groups excluding carboxylic acids is 1. The van der Waals surface area contributed by atoms with Crippen molar-refractivity contribution in [2.75, 3.05) is 45.3 Å². The molecule has 3 aliphatic carbocycles. The number of esters is 1. The predicted octanol–water partition coefficient (Wildman–Crippen LogP) is 2.46. The van der Waals surface area contributed by atoms with Crippen molar-refractivity contribution in [2.24, 2.45) is 17.8 Å². The molecule has 2 saturated carbocycles. The Bertz CT molecular complexity index is 1620. The maximum absolute atomic E-state index is 12.9. The van der Waals surface area contributed by atoms with Crippen molar-refractivity contribution in [3.8, 4) is 11.5 Å². The highest BCUT2D eigenvalue weighted by Gasteiger charge is 2.76. The smallest absolute Gasteiger partial charge is 0.306 e. The van der Waals surface area contributed by atoms with Crippen molar-refractivity contribution in [1.29, 1.82) is 0 Å². The monoisotopic (exact) mass is 765 g/mol. The molecule has 1 aromatic heterocycles. The van der Waals surface area contributed by atoms with Gasteiger partial charge in [-0.25, -0.2) is 0 Å². The zero-order valence-electron chi connectivity index (χ0n) is 29.4. The van der Waals surface area contributed by atoms with Crippen molar-refractivity contribution in [1.82, 2.24) is 5.32 Å². The van der Waals surface area contributed by atoms with E-state index in [0.717, 1.165) is 32.1 Å². The molecule has 9 atom stereocenters. The summed E-state index contributed by atoms with van der Waals surface area (Å²) in [6.45, 7) is 2.11. The van der Waals surface area contributed by atoms with Gasteiger partial charge in [0.15, 0.2) is 16.9 Å². The number of aryl methyl sites for hydroxylation is 1. The standard InChI is InChI=1S/C37H51NO12S2/c1-2-46-27(42)9-7-22-16-23-10-14-47-29(23)31-30(22)49-33-37(45)28-24(6-8-26(41)25(28)18-39)17-36(44,32(37)43)35(20-40,50-33)21-51-52-34(11-4-3-5-12-34)19-38-13-15-48-31/h6,8,10,14,16,24-26,28,32-33,38-41,43-45H,2-5,7,9,11-13,15,17-21H2,1H3/t24-,25+,26-,28+,32+,33-,35+,36+,37-/m1/s1. The topological polar surface area (TPSA) is 201 Å². The van der Waals surface area contributed by atoms with E-state index in [4.69, 9.17) is 23.4 Å². The summed E-state index contributed by atoms with van der Waals surface area (Å²) in [6.07, 6.45) is 5.16. The Morgan fingerprint density at radius 3 is 2.67 bits per heavy atom. The first kappa shape index (κ1) is 38.2. The highest BCUT2D eigenvalue weighted by atomic mass is 33.1. The highest BCUT2D eigenvalue weighted by molar-refractivity contribution is 8.77. The number of fused-ring (bicyclic) bond motifs is 11. The van der Waals surface area contributed by atoms with Crippen LogP contribution in [0.5, 0.6) is 11.5 Å². The van der Waals surface area contributed by atoms with Gasteiger partial charge in [-0.1, -0.05) is 53.0 Å². The molecule has 5 aliphatic rings. The number of furan rings is 1. The molecule has 0 unspecified atom stereocenters. The number of aliphatic hydroxyl groups is 6. The molecule has 15 heteroatoms. The molecule has 1 saturated heterocycles. The molecule has 2 aliphatic heterocycles. The lowest BCUT2D eigenvalue weighted by atomic mass is 9.51. The summed E-state index contributed by atoms with van der Waals surface area (Å²) >= 11 is 0. The van der Waals surface area contributed by atoms with Crippen LogP contribution in [0, 0.1) is 17.8 Å². The van der Waals surface area contributed by atoms with Crippen LogP contribution in [-0.4, -0.2) is 122 Å². The molecule has 0 radical (unpaired) electrons. The number of benzene rings is 1. The van der Waals surface area contributed by atoms with Crippen molar-refractivity contribution in [2.45, 2.75) is 98.3 Å². The highest BCUT2D eigenvalue weighted by Crippen LogP contribution is 2.61. The normalized spacial score (nSPS) is 37.5. The van der Waals surface area contributed by atoms with Crippen LogP contribution < -0.4 is 14.8 Å². The molecular weight excluding hydrogens is 715 g/mol. The van der Waals surface area contributed by atoms with E-state index in [1.807, 2.05) is 0 Å². The van der Waals surface area contributed by atoms with Crippen LogP contribution in [0.4, 0.5) is 0 Å². The number of carbonyl (C=O) groups is 1. The van der Waals surface area contributed by atoms with Gasteiger partial charge in [0, 0.05) is 53.8 Å². The van der Waals surface area contributed by atoms with Crippen LogP contribution in [0.1, 0.15) is 57.4 Å². The molecule has 7 N–H and O–H groups in total. The summed E-state index contributed by atoms with van der Waals surface area (Å²) in [5.74, 6) is -2.71. The third-order valence-corrected chi connectivity index (χ3v) is 15.4. The Labute approximate surface area is 310 Å². The fraction of sp³-hybridized carbons (Fsp3) is 0.703. The average Bonchev–Trinajstić information content (AvgIpc) is 3.61. The molecule has 7 rings (SSSR count). The quantitative estimate of drug-likeness (QED) is 0.128. The first-order valence-electron chi connectivity index (χ1n) is 18.4. The SMILES string of the molecule is CCOC(=O)CCc1cc2ccoc2c2c1O[C@@H]1O[C@@](CO)(CSSC3(CCCCC3)CNCCO2)[C@]2(O)C[C@H]3C=C[C@@H](O)[C@H](CO)[C@H]3[C@@]1(O)[C@H]2O. The molecule has 52 heavy (non-hydrogen) atoms. The summed E-state index contributed by atoms with van der Waals surface area (Å²) in [5, 5.41) is 75.0. The number of rotatable bonds is 6. The average molecular weight is 766 g/mol. The lowest BCUT2D eigenvalue weighted by Gasteiger charge is -2.66. The molecule has 0 amide bonds. The third-order valence-electron chi connectivity index (χ3n) is 12.0. The largest absolute Gasteiger partial charge is 0.485 e. The number of allylic oxidation sites excluding steroid dienone is 1. The Morgan fingerprint density at radius 2 is 1.92 bits per heavy atom. The Kier molecular flexibility index (Phi) is 11.2. The minimum atomic E-state index is -2.42. The van der Waals surface area contributed by atoms with Crippen molar-refractivity contribution in [3.63, 3.8) is 0 Å². The van der Waals surface area contributed by atoms with Gasteiger partial charge in [0.2, 0.25) is 12.0 Å². The van der Waals surface area contributed by atoms with E-state index in [2.05, 4.69) is 5.32 Å². The van der Waals surface area contributed by atoms with Gasteiger partial charge >= 0.3 is 5.97 Å². The maximum Gasteiger partial charge on any atom is 0.306 e. The number of hydrogen-bond acceptors (Lipinski definition) is 15. The van der Waals surface area contributed by atoms with E-state index in [9.17, 15) is 35.4 Å².